The molecular weight excluding hydrogens is 454 g/mol. The van der Waals surface area contributed by atoms with Crippen molar-refractivity contribution in [1.29, 1.82) is 0 Å². The average molecular weight is 482 g/mol. The van der Waals surface area contributed by atoms with Gasteiger partial charge in [0, 0.05) is 32.3 Å². The van der Waals surface area contributed by atoms with Crippen molar-refractivity contribution >= 4 is 27.7 Å². The lowest BCUT2D eigenvalue weighted by molar-refractivity contribution is -0.126. The Bertz CT molecular complexity index is 1230. The second-order valence-corrected chi connectivity index (χ2v) is 9.56. The number of benzene rings is 2. The molecule has 1 N–H and O–H groups in total. The molecule has 0 atom stereocenters. The molecule has 2 heterocycles. The van der Waals surface area contributed by atoms with Crippen molar-refractivity contribution in [2.24, 2.45) is 0 Å². The third-order valence-corrected chi connectivity index (χ3v) is 7.06. The van der Waals surface area contributed by atoms with Crippen LogP contribution < -0.4 is 14.4 Å². The normalized spacial score (nSPS) is 14.5. The number of nitrogens with zero attached hydrogens (tertiary/aromatic N) is 2. The van der Waals surface area contributed by atoms with Gasteiger partial charge in [0.25, 0.3) is 0 Å². The molecule has 1 fully saturated rings. The van der Waals surface area contributed by atoms with Crippen LogP contribution >= 0.6 is 0 Å². The predicted octanol–water partition coefficient (Wildman–Crippen LogP) is 3.13. The SMILES string of the molecule is COc1ccccc1N1CCN(C(=O)C=Cc2ccc(S(=O)(=O)NCc3ccco3)cc2)CC1. The summed E-state index contributed by atoms with van der Waals surface area (Å²) >= 11 is 0. The Morgan fingerprint density at radius 2 is 1.76 bits per heavy atom. The van der Waals surface area contributed by atoms with Crippen molar-refractivity contribution in [2.75, 3.05) is 38.2 Å². The fraction of sp³-hybridized carbons (Fsp3) is 0.240. The molecule has 1 amide bonds. The fourth-order valence-electron chi connectivity index (χ4n) is 3.75. The number of sulfonamides is 1. The van der Waals surface area contributed by atoms with Crippen molar-refractivity contribution in [2.45, 2.75) is 11.4 Å². The van der Waals surface area contributed by atoms with Crippen molar-refractivity contribution in [1.82, 2.24) is 9.62 Å². The fourth-order valence-corrected chi connectivity index (χ4v) is 4.75. The first kappa shape index (κ1) is 23.6. The van der Waals surface area contributed by atoms with E-state index in [1.807, 2.05) is 24.3 Å². The van der Waals surface area contributed by atoms with Gasteiger partial charge in [0.05, 0.1) is 30.5 Å². The minimum absolute atomic E-state index is 0.0727. The van der Waals surface area contributed by atoms with Crippen LogP contribution in [0.4, 0.5) is 5.69 Å². The van der Waals surface area contributed by atoms with Gasteiger partial charge in [-0.1, -0.05) is 24.3 Å². The van der Waals surface area contributed by atoms with E-state index >= 15 is 0 Å². The molecule has 1 aromatic heterocycles. The Labute approximate surface area is 199 Å². The second kappa shape index (κ2) is 10.6. The lowest BCUT2D eigenvalue weighted by atomic mass is 10.2. The number of amides is 1. The van der Waals surface area contributed by atoms with Gasteiger partial charge >= 0.3 is 0 Å². The molecule has 1 aliphatic heterocycles. The van der Waals surface area contributed by atoms with Gasteiger partial charge in [-0.15, -0.1) is 0 Å². The van der Waals surface area contributed by atoms with E-state index in [0.29, 0.717) is 18.8 Å². The minimum Gasteiger partial charge on any atom is -0.495 e. The number of piperazine rings is 1. The van der Waals surface area contributed by atoms with Gasteiger partial charge in [0.2, 0.25) is 15.9 Å². The highest BCUT2D eigenvalue weighted by Crippen LogP contribution is 2.28. The monoisotopic (exact) mass is 481 g/mol. The molecule has 178 valence electrons. The van der Waals surface area contributed by atoms with Crippen LogP contribution in [0.25, 0.3) is 6.08 Å². The number of ether oxygens (including phenoxy) is 1. The molecule has 3 aromatic rings. The predicted molar refractivity (Wildman–Crippen MR) is 130 cm³/mol. The molecule has 0 spiro atoms. The summed E-state index contributed by atoms with van der Waals surface area (Å²) < 4.78 is 38.0. The molecule has 0 radical (unpaired) electrons. The summed E-state index contributed by atoms with van der Waals surface area (Å²) in [6.45, 7) is 2.74. The molecule has 0 aliphatic carbocycles. The van der Waals surface area contributed by atoms with Gasteiger partial charge < -0.3 is 19.0 Å². The first-order valence-electron chi connectivity index (χ1n) is 10.9. The summed E-state index contributed by atoms with van der Waals surface area (Å²) in [4.78, 5) is 16.8. The van der Waals surface area contributed by atoms with E-state index in [1.54, 1.807) is 42.4 Å². The van der Waals surface area contributed by atoms with Gasteiger partial charge in [-0.2, -0.15) is 0 Å². The van der Waals surface area contributed by atoms with Gasteiger partial charge in [-0.25, -0.2) is 13.1 Å². The molecular formula is C25H27N3O5S. The molecule has 8 nitrogen and oxygen atoms in total. The summed E-state index contributed by atoms with van der Waals surface area (Å²) in [5.74, 6) is 1.28. The number of carbonyl (C=O) groups is 1. The van der Waals surface area contributed by atoms with Crippen molar-refractivity contribution < 1.29 is 22.4 Å². The number of anilines is 1. The van der Waals surface area contributed by atoms with Gasteiger partial charge in [-0.3, -0.25) is 4.79 Å². The number of nitrogens with one attached hydrogen (secondary N) is 1. The molecule has 0 unspecified atom stereocenters. The molecule has 4 rings (SSSR count). The van der Waals surface area contributed by atoms with Crippen LogP contribution in [-0.2, 0) is 21.4 Å². The quantitative estimate of drug-likeness (QED) is 0.497. The molecule has 1 saturated heterocycles. The zero-order valence-electron chi connectivity index (χ0n) is 18.9. The van der Waals surface area contributed by atoms with Crippen LogP contribution in [0.5, 0.6) is 5.75 Å². The third kappa shape index (κ3) is 5.67. The zero-order valence-corrected chi connectivity index (χ0v) is 19.7. The topological polar surface area (TPSA) is 92.1 Å². The Morgan fingerprint density at radius 1 is 1.03 bits per heavy atom. The Hall–Kier alpha value is -3.56. The van der Waals surface area contributed by atoms with Crippen LogP contribution in [0.2, 0.25) is 0 Å². The second-order valence-electron chi connectivity index (χ2n) is 7.79. The summed E-state index contributed by atoms with van der Waals surface area (Å²) in [6, 6.07) is 17.6. The number of hydrogen-bond acceptors (Lipinski definition) is 6. The Balaban J connectivity index is 1.31. The largest absolute Gasteiger partial charge is 0.495 e. The van der Waals surface area contributed by atoms with E-state index in [0.717, 1.165) is 30.1 Å². The van der Waals surface area contributed by atoms with E-state index in [2.05, 4.69) is 9.62 Å². The first-order chi connectivity index (χ1) is 16.5. The highest BCUT2D eigenvalue weighted by atomic mass is 32.2. The van der Waals surface area contributed by atoms with Gasteiger partial charge in [0.1, 0.15) is 11.5 Å². The van der Waals surface area contributed by atoms with Gasteiger partial charge in [0.15, 0.2) is 0 Å². The lowest BCUT2D eigenvalue weighted by Crippen LogP contribution is -2.48. The number of rotatable bonds is 8. The van der Waals surface area contributed by atoms with Crippen LogP contribution in [0.1, 0.15) is 11.3 Å². The molecule has 9 heteroatoms. The van der Waals surface area contributed by atoms with Crippen LogP contribution in [0.3, 0.4) is 0 Å². The maximum Gasteiger partial charge on any atom is 0.246 e. The van der Waals surface area contributed by atoms with Crippen molar-refractivity contribution in [3.8, 4) is 5.75 Å². The molecule has 0 saturated carbocycles. The lowest BCUT2D eigenvalue weighted by Gasteiger charge is -2.36. The first-order valence-corrected chi connectivity index (χ1v) is 12.4. The van der Waals surface area contributed by atoms with E-state index in [-0.39, 0.29) is 17.3 Å². The Kier molecular flexibility index (Phi) is 7.34. The van der Waals surface area contributed by atoms with E-state index in [4.69, 9.17) is 9.15 Å². The van der Waals surface area contributed by atoms with Crippen LogP contribution in [-0.4, -0.2) is 52.5 Å². The number of para-hydroxylation sites is 2. The maximum absolute atomic E-state index is 12.6. The Morgan fingerprint density at radius 3 is 2.44 bits per heavy atom. The molecule has 34 heavy (non-hydrogen) atoms. The van der Waals surface area contributed by atoms with Gasteiger partial charge in [-0.05, 0) is 48.0 Å². The average Bonchev–Trinajstić information content (AvgIpc) is 3.40. The molecule has 2 aromatic carbocycles. The summed E-state index contributed by atoms with van der Waals surface area (Å²) in [6.07, 6.45) is 4.71. The molecule has 0 bridgehead atoms. The number of furan rings is 1. The summed E-state index contributed by atoms with van der Waals surface area (Å²) in [7, 11) is -2.00. The number of carbonyl (C=O) groups excluding carboxylic acids is 1. The summed E-state index contributed by atoms with van der Waals surface area (Å²) in [5.41, 5.74) is 1.77. The standard InChI is InChI=1S/C25H27N3O5S/c1-32-24-7-3-2-6-23(24)27-14-16-28(17-15-27)25(29)13-10-20-8-11-22(12-9-20)34(30,31)26-19-21-5-4-18-33-21/h2-13,18,26H,14-17,19H2,1H3. The highest BCUT2D eigenvalue weighted by Gasteiger charge is 2.21. The zero-order chi connectivity index (χ0) is 24.0. The van der Waals surface area contributed by atoms with E-state index < -0.39 is 10.0 Å². The minimum atomic E-state index is -3.66. The van der Waals surface area contributed by atoms with Crippen molar-refractivity contribution in [3.63, 3.8) is 0 Å². The van der Waals surface area contributed by atoms with E-state index in [9.17, 15) is 13.2 Å². The molecule has 1 aliphatic rings. The smallest absolute Gasteiger partial charge is 0.246 e. The maximum atomic E-state index is 12.6. The number of methoxy groups -OCH3 is 1. The van der Waals surface area contributed by atoms with E-state index in [1.165, 1.54) is 24.5 Å². The number of hydrogen-bond donors (Lipinski definition) is 1. The highest BCUT2D eigenvalue weighted by molar-refractivity contribution is 7.89. The van der Waals surface area contributed by atoms with Crippen LogP contribution in [0, 0.1) is 0 Å². The third-order valence-electron chi connectivity index (χ3n) is 5.64. The van der Waals surface area contributed by atoms with Crippen molar-refractivity contribution in [3.05, 3.63) is 84.3 Å². The van der Waals surface area contributed by atoms with Crippen LogP contribution in [0.15, 0.2) is 82.3 Å². The summed E-state index contributed by atoms with van der Waals surface area (Å²) in [5, 5.41) is 0.